The minimum atomic E-state index is -0.396. The third-order valence-corrected chi connectivity index (χ3v) is 3.14. The SMILES string of the molecule is CC1NC(=O)CCN(C(C)CCN(C)C)C1=O. The topological polar surface area (TPSA) is 52.7 Å². The number of nitrogens with zero attached hydrogens (tertiary/aromatic N) is 2. The number of rotatable bonds is 4. The minimum Gasteiger partial charge on any atom is -0.345 e. The molecular weight excluding hydrogens is 218 g/mol. The van der Waals surface area contributed by atoms with Crippen molar-refractivity contribution in [1.29, 1.82) is 0 Å². The summed E-state index contributed by atoms with van der Waals surface area (Å²) in [6.45, 7) is 5.27. The van der Waals surface area contributed by atoms with E-state index >= 15 is 0 Å². The van der Waals surface area contributed by atoms with E-state index < -0.39 is 6.04 Å². The van der Waals surface area contributed by atoms with Gasteiger partial charge in [-0.15, -0.1) is 0 Å². The number of carbonyl (C=O) groups is 2. The standard InChI is InChI=1S/C12H23N3O2/c1-9(5-7-14(3)4)15-8-6-11(16)13-10(2)12(15)17/h9-10H,5-8H2,1-4H3,(H,13,16). The second-order valence-electron chi connectivity index (χ2n) is 5.01. The van der Waals surface area contributed by atoms with Crippen LogP contribution in [0, 0.1) is 0 Å². The summed E-state index contributed by atoms with van der Waals surface area (Å²) in [6.07, 6.45) is 1.34. The summed E-state index contributed by atoms with van der Waals surface area (Å²) in [5.41, 5.74) is 0. The fourth-order valence-corrected chi connectivity index (χ4v) is 1.99. The largest absolute Gasteiger partial charge is 0.345 e. The van der Waals surface area contributed by atoms with Gasteiger partial charge < -0.3 is 15.1 Å². The molecule has 0 aromatic rings. The molecule has 5 nitrogen and oxygen atoms in total. The van der Waals surface area contributed by atoms with Gasteiger partial charge in [0.15, 0.2) is 0 Å². The zero-order valence-electron chi connectivity index (χ0n) is 11.2. The molecule has 1 saturated heterocycles. The number of nitrogens with one attached hydrogen (secondary N) is 1. The molecule has 0 aromatic heterocycles. The van der Waals surface area contributed by atoms with Crippen LogP contribution in [0.3, 0.4) is 0 Å². The van der Waals surface area contributed by atoms with Crippen LogP contribution in [0.25, 0.3) is 0 Å². The molecule has 0 aliphatic carbocycles. The summed E-state index contributed by atoms with van der Waals surface area (Å²) in [4.78, 5) is 27.4. The van der Waals surface area contributed by atoms with Gasteiger partial charge in [-0.05, 0) is 40.9 Å². The monoisotopic (exact) mass is 241 g/mol. The van der Waals surface area contributed by atoms with Crippen molar-refractivity contribution in [2.75, 3.05) is 27.2 Å². The van der Waals surface area contributed by atoms with Crippen LogP contribution in [0.2, 0.25) is 0 Å². The van der Waals surface area contributed by atoms with Gasteiger partial charge in [0.2, 0.25) is 11.8 Å². The highest BCUT2D eigenvalue weighted by Gasteiger charge is 2.29. The van der Waals surface area contributed by atoms with Gasteiger partial charge in [0.25, 0.3) is 0 Å². The third kappa shape index (κ3) is 4.00. The Morgan fingerprint density at radius 3 is 2.71 bits per heavy atom. The van der Waals surface area contributed by atoms with Crippen molar-refractivity contribution in [3.05, 3.63) is 0 Å². The summed E-state index contributed by atoms with van der Waals surface area (Å²) in [6, 6.07) is -0.216. The number of hydrogen-bond donors (Lipinski definition) is 1. The van der Waals surface area contributed by atoms with Gasteiger partial charge >= 0.3 is 0 Å². The van der Waals surface area contributed by atoms with Crippen LogP contribution in [0.15, 0.2) is 0 Å². The first kappa shape index (κ1) is 14.0. The molecule has 2 atom stereocenters. The lowest BCUT2D eigenvalue weighted by molar-refractivity contribution is -0.134. The van der Waals surface area contributed by atoms with Crippen LogP contribution in [0.4, 0.5) is 0 Å². The second kappa shape index (κ2) is 6.00. The number of amides is 2. The van der Waals surface area contributed by atoms with E-state index in [1.807, 2.05) is 25.9 Å². The molecule has 1 heterocycles. The third-order valence-electron chi connectivity index (χ3n) is 3.14. The fourth-order valence-electron chi connectivity index (χ4n) is 1.99. The van der Waals surface area contributed by atoms with Crippen LogP contribution in [0.1, 0.15) is 26.7 Å². The molecule has 17 heavy (non-hydrogen) atoms. The van der Waals surface area contributed by atoms with E-state index in [0.29, 0.717) is 13.0 Å². The summed E-state index contributed by atoms with van der Waals surface area (Å²) >= 11 is 0. The Balaban J connectivity index is 2.60. The van der Waals surface area contributed by atoms with E-state index in [9.17, 15) is 9.59 Å². The van der Waals surface area contributed by atoms with E-state index in [-0.39, 0.29) is 17.9 Å². The van der Waals surface area contributed by atoms with Gasteiger partial charge in [-0.25, -0.2) is 0 Å². The van der Waals surface area contributed by atoms with Crippen LogP contribution in [0.5, 0.6) is 0 Å². The first-order valence-electron chi connectivity index (χ1n) is 6.16. The van der Waals surface area contributed by atoms with Gasteiger partial charge in [-0.2, -0.15) is 0 Å². The van der Waals surface area contributed by atoms with Gasteiger partial charge in [0.05, 0.1) is 0 Å². The maximum atomic E-state index is 12.1. The normalized spacial score (nSPS) is 23.6. The van der Waals surface area contributed by atoms with E-state index in [2.05, 4.69) is 10.2 Å². The predicted molar refractivity (Wildman–Crippen MR) is 66.6 cm³/mol. The molecule has 0 aromatic carbocycles. The second-order valence-corrected chi connectivity index (χ2v) is 5.01. The molecule has 1 aliphatic rings. The molecule has 0 radical (unpaired) electrons. The summed E-state index contributed by atoms with van der Waals surface area (Å²) in [5.74, 6) is -0.00438. The van der Waals surface area contributed by atoms with E-state index in [0.717, 1.165) is 13.0 Å². The molecule has 0 saturated carbocycles. The minimum absolute atomic E-state index is 0.0297. The van der Waals surface area contributed by atoms with Crippen LogP contribution in [-0.4, -0.2) is 60.9 Å². The summed E-state index contributed by atoms with van der Waals surface area (Å²) in [5, 5.41) is 2.70. The highest BCUT2D eigenvalue weighted by atomic mass is 16.2. The van der Waals surface area contributed by atoms with Crippen molar-refractivity contribution >= 4 is 11.8 Å². The Kier molecular flexibility index (Phi) is 4.93. The highest BCUT2D eigenvalue weighted by Crippen LogP contribution is 2.11. The summed E-state index contributed by atoms with van der Waals surface area (Å²) < 4.78 is 0. The Bertz CT molecular complexity index is 291. The Hall–Kier alpha value is -1.10. The van der Waals surface area contributed by atoms with Crippen molar-refractivity contribution in [3.63, 3.8) is 0 Å². The quantitative estimate of drug-likeness (QED) is 0.757. The number of hydrogen-bond acceptors (Lipinski definition) is 3. The lowest BCUT2D eigenvalue weighted by atomic mass is 10.1. The highest BCUT2D eigenvalue weighted by molar-refractivity contribution is 5.89. The maximum Gasteiger partial charge on any atom is 0.245 e. The molecule has 0 bridgehead atoms. The molecule has 98 valence electrons. The number of carbonyl (C=O) groups excluding carboxylic acids is 2. The molecule has 1 aliphatic heterocycles. The molecule has 1 fully saturated rings. The zero-order chi connectivity index (χ0) is 13.0. The Labute approximate surface area is 103 Å². The fraction of sp³-hybridized carbons (Fsp3) is 0.833. The molecular formula is C12H23N3O2. The van der Waals surface area contributed by atoms with Gasteiger partial charge in [-0.3, -0.25) is 9.59 Å². The van der Waals surface area contributed by atoms with Crippen molar-refractivity contribution < 1.29 is 9.59 Å². The van der Waals surface area contributed by atoms with Gasteiger partial charge in [0.1, 0.15) is 6.04 Å². The average molecular weight is 241 g/mol. The van der Waals surface area contributed by atoms with Crippen molar-refractivity contribution in [2.24, 2.45) is 0 Å². The van der Waals surface area contributed by atoms with Crippen molar-refractivity contribution in [1.82, 2.24) is 15.1 Å². The first-order chi connectivity index (χ1) is 7.91. The molecule has 0 spiro atoms. The van der Waals surface area contributed by atoms with Crippen LogP contribution >= 0.6 is 0 Å². The molecule has 1 rings (SSSR count). The summed E-state index contributed by atoms with van der Waals surface area (Å²) in [7, 11) is 4.04. The molecule has 2 amide bonds. The van der Waals surface area contributed by atoms with Crippen molar-refractivity contribution in [2.45, 2.75) is 38.8 Å². The van der Waals surface area contributed by atoms with Crippen molar-refractivity contribution in [3.8, 4) is 0 Å². The smallest absolute Gasteiger partial charge is 0.245 e. The molecule has 1 N–H and O–H groups in total. The van der Waals surface area contributed by atoms with E-state index in [1.165, 1.54) is 0 Å². The lowest BCUT2D eigenvalue weighted by Crippen LogP contribution is -2.46. The molecule has 2 unspecified atom stereocenters. The maximum absolute atomic E-state index is 12.1. The van der Waals surface area contributed by atoms with Crippen LogP contribution < -0.4 is 5.32 Å². The van der Waals surface area contributed by atoms with Crippen LogP contribution in [-0.2, 0) is 9.59 Å². The van der Waals surface area contributed by atoms with Gasteiger partial charge in [-0.1, -0.05) is 0 Å². The van der Waals surface area contributed by atoms with Gasteiger partial charge in [0, 0.05) is 19.0 Å². The van der Waals surface area contributed by atoms with E-state index in [1.54, 1.807) is 6.92 Å². The predicted octanol–water partition coefficient (Wildman–Crippen LogP) is 0.0636. The first-order valence-corrected chi connectivity index (χ1v) is 6.16. The lowest BCUT2D eigenvalue weighted by Gasteiger charge is -2.29. The Morgan fingerprint density at radius 1 is 1.47 bits per heavy atom. The van der Waals surface area contributed by atoms with E-state index in [4.69, 9.17) is 0 Å². The Morgan fingerprint density at radius 2 is 2.12 bits per heavy atom. The average Bonchev–Trinajstić information content (AvgIpc) is 2.36. The molecule has 5 heteroatoms. The zero-order valence-corrected chi connectivity index (χ0v) is 11.2.